The normalized spacial score (nSPS) is 11.0. The minimum atomic E-state index is -0.336. The van der Waals surface area contributed by atoms with Crippen LogP contribution in [0.15, 0.2) is 48.7 Å². The molecule has 0 bridgehead atoms. The summed E-state index contributed by atoms with van der Waals surface area (Å²) in [5.41, 5.74) is 4.02. The highest BCUT2D eigenvalue weighted by Gasteiger charge is 2.13. The maximum atomic E-state index is 12.0. The third-order valence-corrected chi connectivity index (χ3v) is 5.19. The number of nitrogens with zero attached hydrogens (tertiary/aromatic N) is 4. The van der Waals surface area contributed by atoms with Gasteiger partial charge in [-0.25, -0.2) is 4.79 Å². The second-order valence-electron chi connectivity index (χ2n) is 7.00. The lowest BCUT2D eigenvalue weighted by Crippen LogP contribution is -2.03. The summed E-state index contributed by atoms with van der Waals surface area (Å²) in [4.78, 5) is 12.0. The van der Waals surface area contributed by atoms with Crippen molar-refractivity contribution in [3.8, 4) is 5.75 Å². The van der Waals surface area contributed by atoms with Gasteiger partial charge >= 0.3 is 5.97 Å². The first-order chi connectivity index (χ1) is 14.7. The Morgan fingerprint density at radius 2 is 1.90 bits per heavy atom. The summed E-state index contributed by atoms with van der Waals surface area (Å²) >= 11 is 0. The van der Waals surface area contributed by atoms with Crippen LogP contribution in [0.2, 0.25) is 0 Å². The lowest BCUT2D eigenvalue weighted by Gasteiger charge is -2.05. The summed E-state index contributed by atoms with van der Waals surface area (Å²) in [6, 6.07) is 13.8. The van der Waals surface area contributed by atoms with Crippen LogP contribution in [0, 0.1) is 0 Å². The number of rotatable bonds is 8. The molecule has 0 saturated heterocycles. The van der Waals surface area contributed by atoms with Crippen LogP contribution in [-0.4, -0.2) is 45.4 Å². The molecule has 0 radical (unpaired) electrons. The molecule has 0 atom stereocenters. The molecular formula is C22H23N5O3. The first kappa shape index (κ1) is 19.6. The minimum absolute atomic E-state index is 0.336. The average Bonchev–Trinajstić information content (AvgIpc) is 3.43. The second kappa shape index (κ2) is 8.77. The largest absolute Gasteiger partial charge is 0.497 e. The van der Waals surface area contributed by atoms with Gasteiger partial charge in [-0.1, -0.05) is 17.3 Å². The van der Waals surface area contributed by atoms with E-state index in [-0.39, 0.29) is 5.97 Å². The summed E-state index contributed by atoms with van der Waals surface area (Å²) in [5.74, 6) is 1.18. The predicted molar refractivity (Wildman–Crippen MR) is 112 cm³/mol. The van der Waals surface area contributed by atoms with Crippen molar-refractivity contribution >= 4 is 16.9 Å². The molecule has 30 heavy (non-hydrogen) atoms. The monoisotopic (exact) mass is 405 g/mol. The maximum absolute atomic E-state index is 12.0. The Bertz CT molecular complexity index is 1130. The quantitative estimate of drug-likeness (QED) is 0.453. The zero-order chi connectivity index (χ0) is 20.9. The number of aromatic nitrogens is 5. The SMILES string of the molecule is COC(=O)c1ccc2c(c1)c(CCc1ccc(OC)cc1)cn2CCc1nn[nH]n1. The summed E-state index contributed by atoms with van der Waals surface area (Å²) in [5, 5.41) is 15.2. The fraction of sp³-hybridized carbons (Fsp3) is 0.273. The molecule has 2 aromatic carbocycles. The number of hydrogen-bond acceptors (Lipinski definition) is 6. The Kier molecular flexibility index (Phi) is 5.74. The van der Waals surface area contributed by atoms with E-state index in [9.17, 15) is 4.79 Å². The van der Waals surface area contributed by atoms with Crippen molar-refractivity contribution in [3.05, 3.63) is 71.2 Å². The lowest BCUT2D eigenvalue weighted by molar-refractivity contribution is 0.0601. The first-order valence-corrected chi connectivity index (χ1v) is 9.73. The van der Waals surface area contributed by atoms with Crippen LogP contribution in [0.25, 0.3) is 10.9 Å². The van der Waals surface area contributed by atoms with Gasteiger partial charge in [0, 0.05) is 30.1 Å². The maximum Gasteiger partial charge on any atom is 0.337 e. The molecule has 4 aromatic rings. The summed E-state index contributed by atoms with van der Waals surface area (Å²) in [6.45, 7) is 0.718. The van der Waals surface area contributed by atoms with Crippen LogP contribution < -0.4 is 4.74 Å². The zero-order valence-corrected chi connectivity index (χ0v) is 17.0. The van der Waals surface area contributed by atoms with E-state index in [1.54, 1.807) is 13.2 Å². The van der Waals surface area contributed by atoms with Gasteiger partial charge in [0.2, 0.25) is 0 Å². The summed E-state index contributed by atoms with van der Waals surface area (Å²) in [7, 11) is 3.06. The van der Waals surface area contributed by atoms with E-state index >= 15 is 0 Å². The molecule has 8 heteroatoms. The number of H-pyrrole nitrogens is 1. The number of fused-ring (bicyclic) bond motifs is 1. The van der Waals surface area contributed by atoms with Crippen molar-refractivity contribution in [2.24, 2.45) is 0 Å². The first-order valence-electron chi connectivity index (χ1n) is 9.73. The van der Waals surface area contributed by atoms with Gasteiger partial charge in [-0.2, -0.15) is 5.21 Å². The van der Waals surface area contributed by atoms with Gasteiger partial charge in [0.15, 0.2) is 5.82 Å². The molecule has 0 aliphatic rings. The van der Waals surface area contributed by atoms with Crippen molar-refractivity contribution in [1.82, 2.24) is 25.2 Å². The number of esters is 1. The molecule has 0 aliphatic heterocycles. The van der Waals surface area contributed by atoms with Crippen LogP contribution in [-0.2, 0) is 30.5 Å². The number of aromatic amines is 1. The number of methoxy groups -OCH3 is 2. The predicted octanol–water partition coefficient (Wildman–Crippen LogP) is 2.98. The van der Waals surface area contributed by atoms with E-state index in [0.717, 1.165) is 36.0 Å². The Hall–Kier alpha value is -3.68. The van der Waals surface area contributed by atoms with Crippen LogP contribution in [0.3, 0.4) is 0 Å². The molecule has 2 heterocycles. The molecule has 0 aliphatic carbocycles. The molecule has 2 aromatic heterocycles. The van der Waals surface area contributed by atoms with E-state index in [1.165, 1.54) is 18.2 Å². The third kappa shape index (κ3) is 4.17. The van der Waals surface area contributed by atoms with Crippen molar-refractivity contribution in [2.45, 2.75) is 25.8 Å². The number of carbonyl (C=O) groups is 1. The van der Waals surface area contributed by atoms with Crippen LogP contribution in [0.4, 0.5) is 0 Å². The van der Waals surface area contributed by atoms with Crippen molar-refractivity contribution in [3.63, 3.8) is 0 Å². The molecule has 0 fully saturated rings. The van der Waals surface area contributed by atoms with Crippen LogP contribution in [0.1, 0.15) is 27.3 Å². The van der Waals surface area contributed by atoms with Gasteiger partial charge in [-0.05, 0) is 54.3 Å². The van der Waals surface area contributed by atoms with Crippen molar-refractivity contribution < 1.29 is 14.3 Å². The van der Waals surface area contributed by atoms with Crippen molar-refractivity contribution in [1.29, 1.82) is 0 Å². The number of nitrogens with one attached hydrogen (secondary N) is 1. The Labute approximate surface area is 173 Å². The third-order valence-electron chi connectivity index (χ3n) is 5.19. The van der Waals surface area contributed by atoms with E-state index < -0.39 is 0 Å². The Morgan fingerprint density at radius 1 is 1.07 bits per heavy atom. The number of aryl methyl sites for hydroxylation is 4. The molecule has 1 N–H and O–H groups in total. The lowest BCUT2D eigenvalue weighted by atomic mass is 10.0. The van der Waals surface area contributed by atoms with E-state index in [4.69, 9.17) is 9.47 Å². The smallest absolute Gasteiger partial charge is 0.337 e. The van der Waals surface area contributed by atoms with Gasteiger partial charge < -0.3 is 14.0 Å². The molecular weight excluding hydrogens is 382 g/mol. The van der Waals surface area contributed by atoms with E-state index in [1.807, 2.05) is 24.3 Å². The number of benzene rings is 2. The van der Waals surface area contributed by atoms with E-state index in [0.29, 0.717) is 17.8 Å². The Balaban J connectivity index is 1.61. The Morgan fingerprint density at radius 3 is 2.60 bits per heavy atom. The van der Waals surface area contributed by atoms with Gasteiger partial charge in [-0.15, -0.1) is 10.2 Å². The van der Waals surface area contributed by atoms with Gasteiger partial charge in [0.05, 0.1) is 19.8 Å². The molecule has 154 valence electrons. The number of carbonyl (C=O) groups excluding carboxylic acids is 1. The van der Waals surface area contributed by atoms with Gasteiger partial charge in [0.1, 0.15) is 5.75 Å². The fourth-order valence-corrected chi connectivity index (χ4v) is 3.58. The van der Waals surface area contributed by atoms with Crippen molar-refractivity contribution in [2.75, 3.05) is 14.2 Å². The second-order valence-corrected chi connectivity index (χ2v) is 7.00. The molecule has 0 saturated carbocycles. The van der Waals surface area contributed by atoms with Crippen LogP contribution in [0.5, 0.6) is 5.75 Å². The van der Waals surface area contributed by atoms with Gasteiger partial charge in [0.25, 0.3) is 0 Å². The highest BCUT2D eigenvalue weighted by atomic mass is 16.5. The van der Waals surface area contributed by atoms with Crippen LogP contribution >= 0.6 is 0 Å². The molecule has 8 nitrogen and oxygen atoms in total. The fourth-order valence-electron chi connectivity index (χ4n) is 3.58. The zero-order valence-electron chi connectivity index (χ0n) is 17.0. The molecule has 0 spiro atoms. The molecule has 4 rings (SSSR count). The average molecular weight is 405 g/mol. The number of hydrogen-bond donors (Lipinski definition) is 1. The van der Waals surface area contributed by atoms with E-state index in [2.05, 4.69) is 43.5 Å². The molecule has 0 amide bonds. The number of tetrazole rings is 1. The highest BCUT2D eigenvalue weighted by Crippen LogP contribution is 2.25. The highest BCUT2D eigenvalue weighted by molar-refractivity contribution is 5.96. The number of ether oxygens (including phenoxy) is 2. The topological polar surface area (TPSA) is 94.9 Å². The summed E-state index contributed by atoms with van der Waals surface area (Å²) < 4.78 is 12.3. The molecule has 0 unspecified atom stereocenters. The standard InChI is InChI=1S/C22H23N5O3/c1-29-18-8-4-15(5-9-18)3-6-17-14-27(12-11-21-23-25-26-24-21)20-10-7-16(13-19(17)20)22(28)30-2/h4-5,7-10,13-14H,3,6,11-12H2,1-2H3,(H,23,24,25,26). The minimum Gasteiger partial charge on any atom is -0.497 e. The summed E-state index contributed by atoms with van der Waals surface area (Å²) in [6.07, 6.45) is 4.55. The van der Waals surface area contributed by atoms with Gasteiger partial charge in [-0.3, -0.25) is 0 Å².